The van der Waals surface area contributed by atoms with E-state index in [0.717, 1.165) is 36.1 Å². The lowest BCUT2D eigenvalue weighted by molar-refractivity contribution is -0.0701. The van der Waals surface area contributed by atoms with Gasteiger partial charge < -0.3 is 33.9 Å². The van der Waals surface area contributed by atoms with E-state index in [-0.39, 0.29) is 31.3 Å². The molecule has 3 aromatic rings. The molecule has 3 aliphatic heterocycles. The molecule has 1 saturated heterocycles. The maximum absolute atomic E-state index is 14.2. The van der Waals surface area contributed by atoms with Crippen molar-refractivity contribution in [1.82, 2.24) is 9.80 Å². The van der Waals surface area contributed by atoms with Gasteiger partial charge >= 0.3 is 0 Å². The van der Waals surface area contributed by atoms with Crippen molar-refractivity contribution in [3.05, 3.63) is 82.9 Å². The van der Waals surface area contributed by atoms with Gasteiger partial charge in [0.25, 0.3) is 5.91 Å². The topological polar surface area (TPSA) is 80.7 Å². The van der Waals surface area contributed by atoms with Crippen LogP contribution in [-0.4, -0.2) is 68.0 Å². The molecule has 6 rings (SSSR count). The lowest BCUT2D eigenvalue weighted by Gasteiger charge is -2.49. The third-order valence-corrected chi connectivity index (χ3v) is 8.39. The number of β-amino-alcohol motifs (C(OH)–C–C–N with tert-alkyl or cyclic N) is 1. The molecule has 8 heteroatoms. The zero-order chi connectivity index (χ0) is 27.1. The number of hydrogen-bond donors (Lipinski definition) is 1. The molecule has 1 N–H and O–H groups in total. The molecule has 3 aliphatic rings. The molecular formula is C31H34N2O6. The summed E-state index contributed by atoms with van der Waals surface area (Å²) in [6.07, 6.45) is 2.34. The Morgan fingerprint density at radius 3 is 2.49 bits per heavy atom. The lowest BCUT2D eigenvalue weighted by Crippen LogP contribution is -2.58. The highest BCUT2D eigenvalue weighted by Crippen LogP contribution is 2.49. The van der Waals surface area contributed by atoms with Crippen LogP contribution in [0.4, 0.5) is 0 Å². The maximum Gasteiger partial charge on any atom is 0.254 e. The maximum atomic E-state index is 14.2. The van der Waals surface area contributed by atoms with Gasteiger partial charge in [0, 0.05) is 11.6 Å². The molecule has 3 aromatic carbocycles. The van der Waals surface area contributed by atoms with Crippen molar-refractivity contribution in [2.45, 2.75) is 36.9 Å². The monoisotopic (exact) mass is 530 g/mol. The highest BCUT2D eigenvalue weighted by molar-refractivity contribution is 5.95. The van der Waals surface area contributed by atoms with Crippen LogP contribution in [0.15, 0.2) is 60.7 Å². The van der Waals surface area contributed by atoms with Crippen LogP contribution in [0.25, 0.3) is 0 Å². The van der Waals surface area contributed by atoms with E-state index in [0.29, 0.717) is 35.0 Å². The summed E-state index contributed by atoms with van der Waals surface area (Å²) in [5.41, 5.74) is 1.92. The summed E-state index contributed by atoms with van der Waals surface area (Å²) in [4.78, 5) is 18.2. The van der Waals surface area contributed by atoms with E-state index in [2.05, 4.69) is 4.90 Å². The second kappa shape index (κ2) is 10.1. The van der Waals surface area contributed by atoms with E-state index in [9.17, 15) is 9.90 Å². The SMILES string of the molecule is COc1cc2c(cc1OC)C(O)(C1CCCN1C)CN(C(=O)c1ccccc1)C2Cc1ccc2c(c1)OCO2. The molecule has 0 saturated carbocycles. The lowest BCUT2D eigenvalue weighted by atomic mass is 9.75. The minimum Gasteiger partial charge on any atom is -0.493 e. The standard InChI is InChI=1S/C31H34N2O6/c1-32-13-7-10-29(32)31(35)18-33(30(34)21-8-5-4-6-9-21)24(14-20-11-12-25-28(15-20)39-19-38-25)22-16-26(36-2)27(37-3)17-23(22)31/h4-6,8-9,11-12,15-17,24,29,35H,7,10,13-14,18-19H2,1-3H3. The fourth-order valence-electron chi connectivity index (χ4n) is 6.44. The van der Waals surface area contributed by atoms with Gasteiger partial charge in [-0.2, -0.15) is 0 Å². The van der Waals surface area contributed by atoms with Crippen LogP contribution in [0.5, 0.6) is 23.0 Å². The first-order chi connectivity index (χ1) is 18.9. The van der Waals surface area contributed by atoms with E-state index in [4.69, 9.17) is 18.9 Å². The molecule has 1 fully saturated rings. The van der Waals surface area contributed by atoms with Gasteiger partial charge in [-0.3, -0.25) is 4.79 Å². The summed E-state index contributed by atoms with van der Waals surface area (Å²) in [7, 11) is 5.24. The zero-order valence-corrected chi connectivity index (χ0v) is 22.6. The summed E-state index contributed by atoms with van der Waals surface area (Å²) >= 11 is 0. The number of benzene rings is 3. The Hall–Kier alpha value is -3.75. The van der Waals surface area contributed by atoms with Crippen molar-refractivity contribution < 1.29 is 28.8 Å². The molecule has 39 heavy (non-hydrogen) atoms. The number of methoxy groups -OCH3 is 2. The third-order valence-electron chi connectivity index (χ3n) is 8.39. The summed E-state index contributed by atoms with van der Waals surface area (Å²) in [6.45, 7) is 1.25. The van der Waals surface area contributed by atoms with Crippen LogP contribution < -0.4 is 18.9 Å². The number of amides is 1. The van der Waals surface area contributed by atoms with Crippen LogP contribution in [0.3, 0.4) is 0 Å². The van der Waals surface area contributed by atoms with Gasteiger partial charge in [-0.15, -0.1) is 0 Å². The Balaban J connectivity index is 1.52. The van der Waals surface area contributed by atoms with E-state index in [1.807, 2.05) is 72.6 Å². The number of rotatable bonds is 6. The van der Waals surface area contributed by atoms with Crippen molar-refractivity contribution in [1.29, 1.82) is 0 Å². The van der Waals surface area contributed by atoms with E-state index in [1.54, 1.807) is 14.2 Å². The predicted molar refractivity (Wildman–Crippen MR) is 146 cm³/mol. The molecule has 204 valence electrons. The molecule has 3 unspecified atom stereocenters. The second-order valence-corrected chi connectivity index (χ2v) is 10.6. The molecule has 0 spiro atoms. The first kappa shape index (κ1) is 25.5. The van der Waals surface area contributed by atoms with Crippen molar-refractivity contribution in [3.8, 4) is 23.0 Å². The number of nitrogens with zero attached hydrogens (tertiary/aromatic N) is 2. The summed E-state index contributed by atoms with van der Waals surface area (Å²) < 4.78 is 22.5. The van der Waals surface area contributed by atoms with Gasteiger partial charge in [-0.05, 0) is 85.9 Å². The van der Waals surface area contributed by atoms with Gasteiger partial charge in [0.1, 0.15) is 5.60 Å². The number of hydrogen-bond acceptors (Lipinski definition) is 7. The van der Waals surface area contributed by atoms with Gasteiger partial charge in [0.15, 0.2) is 23.0 Å². The van der Waals surface area contributed by atoms with Crippen molar-refractivity contribution in [2.24, 2.45) is 0 Å². The Labute approximate surface area is 228 Å². The normalized spacial score (nSPS) is 23.9. The average Bonchev–Trinajstić information content (AvgIpc) is 3.62. The molecule has 0 bridgehead atoms. The molecule has 3 atom stereocenters. The molecular weight excluding hydrogens is 496 g/mol. The number of likely N-dealkylation sites (tertiary alicyclic amines) is 1. The predicted octanol–water partition coefficient (Wildman–Crippen LogP) is 4.15. The summed E-state index contributed by atoms with van der Waals surface area (Å²) in [6, 6.07) is 18.5. The average molecular weight is 531 g/mol. The van der Waals surface area contributed by atoms with Crippen LogP contribution >= 0.6 is 0 Å². The minimum atomic E-state index is -1.30. The van der Waals surface area contributed by atoms with Gasteiger partial charge in [-0.25, -0.2) is 0 Å². The smallest absolute Gasteiger partial charge is 0.254 e. The molecule has 0 aromatic heterocycles. The Bertz CT molecular complexity index is 1380. The molecule has 0 aliphatic carbocycles. The highest BCUT2D eigenvalue weighted by atomic mass is 16.7. The van der Waals surface area contributed by atoms with Crippen molar-refractivity contribution in [2.75, 3.05) is 41.1 Å². The first-order valence-corrected chi connectivity index (χ1v) is 13.4. The summed E-state index contributed by atoms with van der Waals surface area (Å²) in [5, 5.41) is 12.6. The minimum absolute atomic E-state index is 0.124. The van der Waals surface area contributed by atoms with Crippen molar-refractivity contribution in [3.63, 3.8) is 0 Å². The first-order valence-electron chi connectivity index (χ1n) is 13.4. The molecule has 0 radical (unpaired) electrons. The Kier molecular flexibility index (Phi) is 6.61. The van der Waals surface area contributed by atoms with E-state index in [1.165, 1.54) is 0 Å². The zero-order valence-electron chi connectivity index (χ0n) is 22.6. The Morgan fingerprint density at radius 2 is 1.77 bits per heavy atom. The van der Waals surface area contributed by atoms with Crippen LogP contribution in [0, 0.1) is 0 Å². The van der Waals surface area contributed by atoms with Gasteiger partial charge in [0.05, 0.1) is 26.8 Å². The van der Waals surface area contributed by atoms with Crippen LogP contribution in [-0.2, 0) is 12.0 Å². The number of fused-ring (bicyclic) bond motifs is 2. The third kappa shape index (κ3) is 4.37. The van der Waals surface area contributed by atoms with Gasteiger partial charge in [-0.1, -0.05) is 24.3 Å². The van der Waals surface area contributed by atoms with Crippen LogP contribution in [0.2, 0.25) is 0 Å². The van der Waals surface area contributed by atoms with E-state index < -0.39 is 5.60 Å². The number of likely N-dealkylation sites (N-methyl/N-ethyl adjacent to an activating group) is 1. The van der Waals surface area contributed by atoms with E-state index >= 15 is 0 Å². The Morgan fingerprint density at radius 1 is 1.03 bits per heavy atom. The largest absolute Gasteiger partial charge is 0.493 e. The number of carbonyl (C=O) groups excluding carboxylic acids is 1. The molecule has 1 amide bonds. The quantitative estimate of drug-likeness (QED) is 0.513. The number of aliphatic hydroxyl groups is 1. The fourth-order valence-corrected chi connectivity index (χ4v) is 6.44. The molecule has 8 nitrogen and oxygen atoms in total. The van der Waals surface area contributed by atoms with Crippen LogP contribution in [0.1, 0.15) is 45.9 Å². The number of carbonyl (C=O) groups is 1. The fraction of sp³-hybridized carbons (Fsp3) is 0.387. The van der Waals surface area contributed by atoms with Crippen molar-refractivity contribution >= 4 is 5.91 Å². The van der Waals surface area contributed by atoms with Gasteiger partial charge in [0.2, 0.25) is 6.79 Å². The highest BCUT2D eigenvalue weighted by Gasteiger charge is 2.51. The molecule has 3 heterocycles. The number of ether oxygens (including phenoxy) is 4. The summed E-state index contributed by atoms with van der Waals surface area (Å²) in [5.74, 6) is 2.40. The second-order valence-electron chi connectivity index (χ2n) is 10.6.